The molecule has 3 aliphatic rings. The first kappa shape index (κ1) is 58.1. The van der Waals surface area contributed by atoms with E-state index in [9.17, 15) is 2.74 Å². The van der Waals surface area contributed by atoms with E-state index in [0.29, 0.717) is 23.7 Å². The Hall–Kier alpha value is -9.23. The summed E-state index contributed by atoms with van der Waals surface area (Å²) in [5.41, 5.74) is 19.6. The molecule has 11 aromatic rings. The Kier molecular flexibility index (Phi) is 13.9. The SMILES string of the molecule is [2H]c1c([2H])c([2H])c(-c2cccc(-c3cc(-c4cc(C(C)(C)C)cc(C(C)(C)C)c4)cc(C(C)(C)C)c3)c2N2CN(c3cccc(Oc4ccc5c(c4)N(c4cc(C(C)(C)C)ccn4)c4ccccc4[Si]54c5ccc(C(C)(C)C)cc5-c5cc(C(C)(C)C)ccc54)c3)c3ccccc32)c([2H])c1[2H]. The van der Waals surface area contributed by atoms with E-state index in [1.807, 2.05) is 30.5 Å². The Morgan fingerprint density at radius 1 is 0.354 bits per heavy atom. The quantitative estimate of drug-likeness (QED) is 0.142. The maximum atomic E-state index is 9.55. The molecule has 0 saturated carbocycles. The molecule has 0 bridgehead atoms. The van der Waals surface area contributed by atoms with Gasteiger partial charge >= 0.3 is 0 Å². The summed E-state index contributed by atoms with van der Waals surface area (Å²) in [5.74, 6) is 2.18. The fourth-order valence-electron chi connectivity index (χ4n) is 14.6. The van der Waals surface area contributed by atoms with Gasteiger partial charge in [0.25, 0.3) is 0 Å². The lowest BCUT2D eigenvalue weighted by atomic mass is 9.78. The zero-order valence-corrected chi connectivity index (χ0v) is 60.5. The Balaban J connectivity index is 0.924. The third-order valence-corrected chi connectivity index (χ3v) is 25.1. The fourth-order valence-corrected chi connectivity index (χ4v) is 20.1. The molecule has 0 N–H and O–H groups in total. The summed E-state index contributed by atoms with van der Waals surface area (Å²) in [6, 6.07) is 69.8. The molecule has 0 unspecified atom stereocenters. The van der Waals surface area contributed by atoms with Crippen molar-refractivity contribution in [2.75, 3.05) is 21.4 Å². The van der Waals surface area contributed by atoms with Gasteiger partial charge in [-0.05, 0) is 175 Å². The largest absolute Gasteiger partial charge is 0.457 e. The molecule has 0 amide bonds. The van der Waals surface area contributed by atoms with E-state index in [4.69, 9.17) is 13.8 Å². The Bertz CT molecular complexity index is 5060. The molecule has 484 valence electrons. The smallest absolute Gasteiger partial charge is 0.185 e. The number of pyridine rings is 1. The van der Waals surface area contributed by atoms with E-state index in [0.717, 1.165) is 67.8 Å². The zero-order chi connectivity index (χ0) is 72.2. The van der Waals surface area contributed by atoms with Crippen molar-refractivity contribution >= 4 is 68.8 Å². The number of para-hydroxylation sites is 4. The van der Waals surface area contributed by atoms with Crippen LogP contribution in [0.5, 0.6) is 11.5 Å². The van der Waals surface area contributed by atoms with E-state index in [1.54, 1.807) is 0 Å². The van der Waals surface area contributed by atoms with E-state index in [1.165, 1.54) is 59.7 Å². The molecule has 0 aliphatic carbocycles. The van der Waals surface area contributed by atoms with E-state index >= 15 is 0 Å². The highest BCUT2D eigenvalue weighted by molar-refractivity contribution is 7.23. The molecule has 0 radical (unpaired) electrons. The van der Waals surface area contributed by atoms with Gasteiger partial charge in [-0.25, -0.2) is 4.98 Å². The normalized spacial score (nSPS) is 15.1. The van der Waals surface area contributed by atoms with Gasteiger partial charge in [0.15, 0.2) is 8.07 Å². The molecular weight excluding hydrogens is 1180 g/mol. The number of aromatic nitrogens is 1. The minimum absolute atomic E-state index is 0.0632. The van der Waals surface area contributed by atoms with Crippen molar-refractivity contribution in [3.63, 3.8) is 0 Å². The minimum atomic E-state index is -3.10. The van der Waals surface area contributed by atoms with Crippen LogP contribution in [0.25, 0.3) is 44.5 Å². The fraction of sp³-hybridized carbons (Fsp3) is 0.278. The summed E-state index contributed by atoms with van der Waals surface area (Å²) in [5, 5.41) is 5.38. The first-order valence-electron chi connectivity index (χ1n) is 36.7. The number of hydrogen-bond acceptors (Lipinski definition) is 5. The second kappa shape index (κ2) is 23.0. The molecular formula is C90H94N4OSi. The number of hydrogen-bond donors (Lipinski definition) is 0. The lowest BCUT2D eigenvalue weighted by molar-refractivity contribution is 0.483. The van der Waals surface area contributed by atoms with Gasteiger partial charge in [-0.1, -0.05) is 282 Å². The van der Waals surface area contributed by atoms with Crippen LogP contribution in [-0.4, -0.2) is 19.7 Å². The van der Waals surface area contributed by atoms with E-state index in [2.05, 4.69) is 309 Å². The second-order valence-corrected chi connectivity index (χ2v) is 36.7. The molecule has 0 fully saturated rings. The number of ether oxygens (including phenoxy) is 1. The predicted octanol–water partition coefficient (Wildman–Crippen LogP) is 22.0. The van der Waals surface area contributed by atoms with Crippen LogP contribution in [0.1, 0.15) is 165 Å². The topological polar surface area (TPSA) is 31.8 Å². The van der Waals surface area contributed by atoms with Gasteiger partial charge in [-0.2, -0.15) is 0 Å². The van der Waals surface area contributed by atoms with Crippen molar-refractivity contribution in [1.82, 2.24) is 4.98 Å². The third-order valence-electron chi connectivity index (χ3n) is 20.2. The number of fused-ring (bicyclic) bond motifs is 10. The van der Waals surface area contributed by atoms with Crippen molar-refractivity contribution in [3.8, 4) is 56.0 Å². The lowest BCUT2D eigenvalue weighted by Gasteiger charge is -2.43. The summed E-state index contributed by atoms with van der Waals surface area (Å²) in [4.78, 5) is 12.2. The maximum absolute atomic E-state index is 9.55. The summed E-state index contributed by atoms with van der Waals surface area (Å²) in [6.07, 6.45) is 1.96. The lowest BCUT2D eigenvalue weighted by Crippen LogP contribution is -2.75. The number of nitrogens with zero attached hydrogens (tertiary/aromatic N) is 4. The number of benzene rings is 10. The van der Waals surface area contributed by atoms with Crippen molar-refractivity contribution in [3.05, 3.63) is 264 Å². The Morgan fingerprint density at radius 3 is 1.43 bits per heavy atom. The van der Waals surface area contributed by atoms with Crippen LogP contribution in [-0.2, 0) is 32.5 Å². The van der Waals surface area contributed by atoms with Crippen LogP contribution in [0.2, 0.25) is 0 Å². The first-order chi connectivity index (χ1) is 47.4. The monoisotopic (exact) mass is 1280 g/mol. The zero-order valence-electron chi connectivity index (χ0n) is 64.5. The summed E-state index contributed by atoms with van der Waals surface area (Å²) >= 11 is 0. The van der Waals surface area contributed by atoms with Crippen molar-refractivity contribution in [2.24, 2.45) is 0 Å². The summed E-state index contributed by atoms with van der Waals surface area (Å²) in [6.45, 7) is 41.3. The Morgan fingerprint density at radius 2 is 0.833 bits per heavy atom. The van der Waals surface area contributed by atoms with Crippen LogP contribution in [0.3, 0.4) is 0 Å². The molecule has 14 rings (SSSR count). The van der Waals surface area contributed by atoms with Gasteiger partial charge in [-0.15, -0.1) is 0 Å². The molecule has 0 atom stereocenters. The van der Waals surface area contributed by atoms with Crippen molar-refractivity contribution < 1.29 is 11.6 Å². The highest BCUT2D eigenvalue weighted by Crippen LogP contribution is 2.52. The number of anilines is 7. The van der Waals surface area contributed by atoms with Gasteiger partial charge in [0.05, 0.1) is 29.6 Å². The Labute approximate surface area is 580 Å². The molecule has 3 aliphatic heterocycles. The standard InChI is InChI=1S/C90H94N4OSi/c1-85(2,3)62-38-41-79-73(52-62)74-53-63(86(4,5)6)39-42-80(74)96(79)81-37-25-24-36-77(81)94(83-54-64(44-45-91-83)87(7,8)9)78-56-70(40-43-82(78)96)95-69-31-26-30-68(55-69)92-57-93(76-35-23-22-34-75(76)92)84-71(58-28-20-19-21-29-58)32-27-33-72(84)61-46-59(47-65(50-61)88(10,11)12)60-48-66(89(13,14)15)51-67(49-60)90(16,17)18/h19-56H,57H2,1-18H3/i19D,20D,21D,28D,29D. The molecule has 96 heavy (non-hydrogen) atoms. The van der Waals surface area contributed by atoms with Gasteiger partial charge in [0, 0.05) is 40.8 Å². The molecule has 10 aromatic carbocycles. The molecule has 4 heterocycles. The molecule has 1 spiro atoms. The average molecular weight is 1280 g/mol. The first-order valence-corrected chi connectivity index (χ1v) is 36.2. The molecule has 0 saturated heterocycles. The highest BCUT2D eigenvalue weighted by atomic mass is 28.3. The van der Waals surface area contributed by atoms with Gasteiger partial charge in [0.1, 0.15) is 24.0 Å². The highest BCUT2D eigenvalue weighted by Gasteiger charge is 2.55. The molecule has 1 aromatic heterocycles. The molecule has 5 nitrogen and oxygen atoms in total. The minimum Gasteiger partial charge on any atom is -0.457 e. The average Bonchev–Trinajstić information content (AvgIpc) is 1.63. The van der Waals surface area contributed by atoms with Crippen LogP contribution in [0.4, 0.5) is 39.9 Å². The van der Waals surface area contributed by atoms with Crippen molar-refractivity contribution in [2.45, 2.75) is 157 Å². The molecule has 6 heteroatoms. The predicted molar refractivity (Wildman–Crippen MR) is 412 cm³/mol. The van der Waals surface area contributed by atoms with E-state index in [-0.39, 0.29) is 62.2 Å². The second-order valence-electron chi connectivity index (χ2n) is 33.1. The maximum Gasteiger partial charge on any atom is 0.185 e. The summed E-state index contributed by atoms with van der Waals surface area (Å²) < 4.78 is 53.2. The van der Waals surface area contributed by atoms with Gasteiger partial charge < -0.3 is 14.5 Å². The van der Waals surface area contributed by atoms with Crippen LogP contribution < -0.4 is 40.2 Å². The van der Waals surface area contributed by atoms with Gasteiger partial charge in [-0.3, -0.25) is 4.90 Å². The third kappa shape index (κ3) is 11.3. The van der Waals surface area contributed by atoms with Gasteiger partial charge in [0.2, 0.25) is 0 Å². The van der Waals surface area contributed by atoms with Crippen molar-refractivity contribution in [1.29, 1.82) is 0 Å². The van der Waals surface area contributed by atoms with Crippen LogP contribution in [0.15, 0.2) is 231 Å². The summed E-state index contributed by atoms with van der Waals surface area (Å²) in [7, 11) is -3.10. The van der Waals surface area contributed by atoms with Crippen LogP contribution >= 0.6 is 0 Å². The van der Waals surface area contributed by atoms with Crippen LogP contribution in [0, 0.1) is 0 Å². The number of rotatable bonds is 8. The van der Waals surface area contributed by atoms with E-state index < -0.39 is 14.1 Å².